The average Bonchev–Trinajstić information content (AvgIpc) is 0.790. The first-order valence-corrected chi connectivity index (χ1v) is 43.2. The highest BCUT2D eigenvalue weighted by Crippen LogP contribution is 2.73. The van der Waals surface area contributed by atoms with Crippen LogP contribution in [0.3, 0.4) is 0 Å². The normalized spacial score (nSPS) is 12.3. The van der Waals surface area contributed by atoms with Crippen LogP contribution in [0.15, 0.2) is 72.8 Å². The van der Waals surface area contributed by atoms with E-state index in [1.165, 1.54) is 45.3 Å². The zero-order valence-electron chi connectivity index (χ0n) is 60.3. The Morgan fingerprint density at radius 1 is 0.449 bits per heavy atom. The van der Waals surface area contributed by atoms with Gasteiger partial charge in [0.25, 0.3) is 6.48 Å². The van der Waals surface area contributed by atoms with E-state index < -0.39 is 74.5 Å². The molecule has 0 heterocycles. The number of hydrogen-bond donors (Lipinski definition) is 2. The second-order valence-corrected chi connectivity index (χ2v) is 32.9. The quantitative estimate of drug-likeness (QED) is 0.0269. The van der Waals surface area contributed by atoms with Gasteiger partial charge in [-0.3, -0.25) is 42.4 Å². The van der Waals surface area contributed by atoms with E-state index in [0.717, 1.165) is 17.0 Å². The molecule has 0 spiro atoms. The molecule has 3 rings (SSSR count). The van der Waals surface area contributed by atoms with Crippen molar-refractivity contribution in [2.75, 3.05) is 133 Å². The minimum absolute atomic E-state index is 0. The van der Waals surface area contributed by atoms with Gasteiger partial charge in [-0.15, -0.1) is 0 Å². The third kappa shape index (κ3) is 44.3. The van der Waals surface area contributed by atoms with Crippen molar-refractivity contribution in [1.29, 1.82) is 0 Å². The number of rotatable bonds is 44. The zero-order valence-corrected chi connectivity index (χ0v) is 67.3. The van der Waals surface area contributed by atoms with Crippen molar-refractivity contribution in [3.05, 3.63) is 83.9 Å². The molecule has 0 aromatic heterocycles. The maximum atomic E-state index is 13.5. The average molecular weight is 1600 g/mol. The monoisotopic (exact) mass is 1590 g/mol. The van der Waals surface area contributed by atoms with E-state index >= 15 is 0 Å². The van der Waals surface area contributed by atoms with Gasteiger partial charge in [0.15, 0.2) is 0 Å². The number of carbonyl (C=O) groups excluding carboxylic acids is 2. The standard InChI is InChI=1S/C17H31NO6P2.C12H26BrNO7P2.C10H25NO6P2.C8H11N.C7H16O3.C6H10.CH2O.3CH4.H2/c1-6-21-25(19,22-7-2)17(26(20,23-8-3)24-9-4)18(5)15-16-13-11-10-12-14-16;1-6-18-22(16,19-7-2)12(14(5)11(15)10-13)23(17,20-8-3)21-9-4;1-6-14-18(12,15-7-2)10(11-5)19(13,16-8-3)17-9-4;1-9-7-8-5-3-2-4-6-8;1-4-8-7(9-5-2)10-6-3;1-2-4-6-5-3-1;1-2;;;;/h10-14,17H,6-9,15H2,1-5H3;12H,6-10H2,1-5H3;10-11H,6-9H2,1-5H3;2-6,9H,7H2,1H3;7H,4-6H2,1-3H3;1-2H,3-6H2;1H2;3*1H4;1H/i;;;;;;;;;;1+1. The van der Waals surface area contributed by atoms with Crippen molar-refractivity contribution in [2.24, 2.45) is 0 Å². The smallest absolute Gasteiger partial charge is 0.330 e. The highest BCUT2D eigenvalue weighted by atomic mass is 79.9. The van der Waals surface area contributed by atoms with E-state index in [2.05, 4.69) is 50.8 Å². The molecule has 0 saturated carbocycles. The van der Waals surface area contributed by atoms with Crippen molar-refractivity contribution >= 4 is 74.2 Å². The third-order valence-corrected chi connectivity index (χ3v) is 30.0. The van der Waals surface area contributed by atoms with E-state index in [4.69, 9.17) is 73.3 Å². The van der Waals surface area contributed by atoms with Gasteiger partial charge >= 0.3 is 45.6 Å². The van der Waals surface area contributed by atoms with Gasteiger partial charge in [0.2, 0.25) is 22.5 Å². The molecule has 0 saturated heterocycles. The number of nitrogens with zero attached hydrogens (tertiary/aromatic N) is 2. The molecule has 27 nitrogen and oxygen atoms in total. The number of benzene rings is 2. The predicted molar refractivity (Wildman–Crippen MR) is 405 cm³/mol. The number of alkyl halides is 1. The van der Waals surface area contributed by atoms with E-state index in [0.29, 0.717) is 26.4 Å². The van der Waals surface area contributed by atoms with Crippen molar-refractivity contribution in [3.63, 3.8) is 0 Å². The molecular formula is C64H135BrN4O23P6. The van der Waals surface area contributed by atoms with Gasteiger partial charge in [-0.1, -0.05) is 111 Å². The lowest BCUT2D eigenvalue weighted by molar-refractivity contribution is -0.282. The highest BCUT2D eigenvalue weighted by Gasteiger charge is 2.56. The van der Waals surface area contributed by atoms with Crippen LogP contribution in [-0.2, 0) is 119 Å². The minimum atomic E-state index is -3.96. The predicted octanol–water partition coefficient (Wildman–Crippen LogP) is 18.5. The van der Waals surface area contributed by atoms with Crippen molar-refractivity contribution in [3.8, 4) is 0 Å². The fourth-order valence-corrected chi connectivity index (χ4v) is 24.4. The molecule has 2 N–H and O–H groups in total. The Labute approximate surface area is 603 Å². The van der Waals surface area contributed by atoms with Crippen LogP contribution in [0.4, 0.5) is 0 Å². The van der Waals surface area contributed by atoms with Gasteiger partial charge in [0.1, 0.15) is 6.79 Å². The molecule has 1 aliphatic rings. The number of amides is 1. The fraction of sp³-hybridized carbons (Fsp3) is 0.750. The van der Waals surface area contributed by atoms with Crippen LogP contribution < -0.4 is 10.6 Å². The summed E-state index contributed by atoms with van der Waals surface area (Å²) in [6, 6.07) is 19.9. The van der Waals surface area contributed by atoms with E-state index in [1.54, 1.807) is 95.0 Å². The second kappa shape index (κ2) is 67.3. The Morgan fingerprint density at radius 2 is 0.714 bits per heavy atom. The number of carbonyl (C=O) groups is 2. The van der Waals surface area contributed by atoms with Gasteiger partial charge < -0.3 is 83.5 Å². The van der Waals surface area contributed by atoms with Crippen molar-refractivity contribution < 1.29 is 107 Å². The maximum Gasteiger partial charge on any atom is 0.365 e. The van der Waals surface area contributed by atoms with Crippen molar-refractivity contribution in [1.82, 2.24) is 20.4 Å². The molecule has 34 heteroatoms. The summed E-state index contributed by atoms with van der Waals surface area (Å²) >= 11 is 3.04. The number of allylic oxidation sites excluding steroid dienone is 2. The lowest BCUT2D eigenvalue weighted by Crippen LogP contribution is -2.39. The number of hydrogen-bond acceptors (Lipinski definition) is 26. The molecule has 0 atom stereocenters. The van der Waals surface area contributed by atoms with E-state index in [9.17, 15) is 32.2 Å². The summed E-state index contributed by atoms with van der Waals surface area (Å²) in [5, 5.41) is 5.74. The molecule has 98 heavy (non-hydrogen) atoms. The Balaban J connectivity index is -0.000000174. The molecule has 1 amide bonds. The fourth-order valence-electron chi connectivity index (χ4n) is 8.23. The zero-order chi connectivity index (χ0) is 73.3. The topological polar surface area (TPSA) is 306 Å². The molecule has 0 bridgehead atoms. The Morgan fingerprint density at radius 3 is 0.939 bits per heavy atom. The van der Waals surface area contributed by atoms with Gasteiger partial charge in [0, 0.05) is 41.4 Å². The van der Waals surface area contributed by atoms with Crippen LogP contribution in [0.2, 0.25) is 0 Å². The summed E-state index contributed by atoms with van der Waals surface area (Å²) in [5.74, 6) is -0.450. The third-order valence-electron chi connectivity index (χ3n) is 11.5. The summed E-state index contributed by atoms with van der Waals surface area (Å²) in [6.07, 6.45) is 10.0. The van der Waals surface area contributed by atoms with Crippen molar-refractivity contribution in [2.45, 2.75) is 188 Å². The first-order chi connectivity index (χ1) is 45.3. The van der Waals surface area contributed by atoms with Gasteiger partial charge in [-0.25, -0.2) is 0 Å². The van der Waals surface area contributed by atoms with Gasteiger partial charge in [-0.05, 0) is 162 Å². The first-order valence-electron chi connectivity index (χ1n) is 32.4. The summed E-state index contributed by atoms with van der Waals surface area (Å²) < 4.78 is 158. The molecule has 586 valence electrons. The molecule has 0 fully saturated rings. The summed E-state index contributed by atoms with van der Waals surface area (Å²) in [7, 11) is -16.2. The Bertz CT molecular complexity index is 2330. The second-order valence-electron chi connectivity index (χ2n) is 18.6. The minimum Gasteiger partial charge on any atom is -0.330 e. The van der Waals surface area contributed by atoms with E-state index in [1.807, 2.05) is 83.1 Å². The summed E-state index contributed by atoms with van der Waals surface area (Å²) in [5.41, 5.74) is -1.46. The number of halogens is 1. The van der Waals surface area contributed by atoms with Crippen LogP contribution in [0.25, 0.3) is 0 Å². The first kappa shape index (κ1) is 110. The molecule has 1 aliphatic carbocycles. The molecule has 0 unspecified atom stereocenters. The summed E-state index contributed by atoms with van der Waals surface area (Å²) in [4.78, 5) is 22.8. The molecule has 0 radical (unpaired) electrons. The SMILES string of the molecule is C.C.C.C1=CCCCC1.C=O.CCOC(OCC)OCC.CCOP(=O)(OCC)C(N(C)C(=O)CBr)P(=O)(OCC)OCC.CCOP(=O)(OCC)C(N(C)Cc1ccccc1)P(=O)(OCC)OCC.CCOP(=O)(OCC)C(NC)P(=O)(OCC)OCC.CNCc1ccccc1.[2HH]. The van der Waals surface area contributed by atoms with Crippen LogP contribution in [-0.4, -0.2) is 178 Å². The molecule has 2 aromatic rings. The van der Waals surface area contributed by atoms with Crippen LogP contribution >= 0.6 is 61.5 Å². The Kier molecular flexibility index (Phi) is 75.5. The maximum absolute atomic E-state index is 13.5. The van der Waals surface area contributed by atoms with Crippen LogP contribution in [0, 0.1) is 0 Å². The summed E-state index contributed by atoms with van der Waals surface area (Å²) in [6.45, 7) is 32.1. The highest BCUT2D eigenvalue weighted by molar-refractivity contribution is 9.09. The van der Waals surface area contributed by atoms with E-state index in [-0.39, 0.29) is 108 Å². The van der Waals surface area contributed by atoms with Gasteiger partial charge in [-0.2, -0.15) is 0 Å². The largest absolute Gasteiger partial charge is 0.365 e. The Hall–Kier alpha value is -1.54. The van der Waals surface area contributed by atoms with Crippen LogP contribution in [0.5, 0.6) is 0 Å². The lowest BCUT2D eigenvalue weighted by Gasteiger charge is -2.36. The van der Waals surface area contributed by atoms with Gasteiger partial charge in [0.05, 0.1) is 84.6 Å². The number of ether oxygens (including phenoxy) is 3. The number of nitrogens with one attached hydrogen (secondary N) is 2. The lowest BCUT2D eigenvalue weighted by atomic mass is 10.1. The molecule has 0 aliphatic heterocycles. The molecular weight excluding hydrogens is 1460 g/mol. The van der Waals surface area contributed by atoms with Crippen LogP contribution in [0.1, 0.15) is 164 Å². The molecule has 2 aromatic carbocycles.